The van der Waals surface area contributed by atoms with Crippen molar-refractivity contribution >= 4 is 21.8 Å². The number of benzene rings is 2. The zero-order valence-electron chi connectivity index (χ0n) is 17.7. The zero-order valence-corrected chi connectivity index (χ0v) is 18.5. The molecule has 1 aromatic heterocycles. The van der Waals surface area contributed by atoms with Crippen LogP contribution in [0.4, 0.5) is 4.39 Å². The lowest BCUT2D eigenvalue weighted by atomic mass is 10.2. The summed E-state index contributed by atoms with van der Waals surface area (Å²) in [6.07, 6.45) is 1.31. The average Bonchev–Trinajstić information content (AvgIpc) is 3.14. The molecule has 0 spiro atoms. The van der Waals surface area contributed by atoms with E-state index in [0.29, 0.717) is 11.4 Å². The summed E-state index contributed by atoms with van der Waals surface area (Å²) in [5.41, 5.74) is 6.58. The highest BCUT2D eigenvalue weighted by molar-refractivity contribution is 7.89. The van der Waals surface area contributed by atoms with Crippen molar-refractivity contribution in [2.75, 3.05) is 13.6 Å². The molecule has 0 unspecified atom stereocenters. The molecule has 9 nitrogen and oxygen atoms in total. The van der Waals surface area contributed by atoms with Crippen molar-refractivity contribution in [3.8, 4) is 5.69 Å². The zero-order chi connectivity index (χ0) is 23.5. The molecular weight excluding hydrogens is 437 g/mol. The van der Waals surface area contributed by atoms with Crippen LogP contribution in [-0.4, -0.2) is 47.9 Å². The first-order valence-electron chi connectivity index (χ1n) is 9.52. The molecular formula is C21H22FN5O4S. The summed E-state index contributed by atoms with van der Waals surface area (Å²) in [6, 6.07) is 11.8. The van der Waals surface area contributed by atoms with Gasteiger partial charge in [0.2, 0.25) is 10.0 Å². The summed E-state index contributed by atoms with van der Waals surface area (Å²) >= 11 is 0. The van der Waals surface area contributed by atoms with Gasteiger partial charge in [0.1, 0.15) is 5.82 Å². The lowest BCUT2D eigenvalue weighted by Gasteiger charge is -2.17. The van der Waals surface area contributed by atoms with Crippen molar-refractivity contribution in [3.05, 3.63) is 77.4 Å². The number of likely N-dealkylation sites (N-methyl/N-ethyl adjacent to an activating group) is 1. The number of sulfonamides is 1. The number of carbonyl (C=O) groups excluding carboxylic acids is 2. The largest absolute Gasteiger partial charge is 0.273 e. The molecule has 168 valence electrons. The number of amides is 2. The molecule has 11 heteroatoms. The van der Waals surface area contributed by atoms with Gasteiger partial charge in [-0.25, -0.2) is 17.5 Å². The van der Waals surface area contributed by atoms with Crippen LogP contribution in [-0.2, 0) is 14.8 Å². The van der Waals surface area contributed by atoms with Gasteiger partial charge in [0.15, 0.2) is 0 Å². The van der Waals surface area contributed by atoms with Crippen LogP contribution in [0.25, 0.3) is 5.69 Å². The first kappa shape index (κ1) is 23.1. The Hall–Kier alpha value is -3.57. The Morgan fingerprint density at radius 2 is 1.66 bits per heavy atom. The second-order valence-corrected chi connectivity index (χ2v) is 9.15. The van der Waals surface area contributed by atoms with Crippen molar-refractivity contribution in [3.63, 3.8) is 0 Å². The van der Waals surface area contributed by atoms with E-state index in [2.05, 4.69) is 16.0 Å². The molecule has 32 heavy (non-hydrogen) atoms. The van der Waals surface area contributed by atoms with Gasteiger partial charge in [0.05, 0.1) is 34.6 Å². The minimum atomic E-state index is -3.86. The Kier molecular flexibility index (Phi) is 6.70. The standard InChI is InChI=1S/C21H22FN5O4S/c1-14-4-10-18(11-5-14)32(30,31)26(3)13-20(28)24-25-21(29)19-12-23-27(15(19)2)17-8-6-16(22)7-9-17/h4-12H,13H2,1-3H3,(H,24,28)(H,25,29). The summed E-state index contributed by atoms with van der Waals surface area (Å²) < 4.78 is 40.6. The summed E-state index contributed by atoms with van der Waals surface area (Å²) in [4.78, 5) is 24.7. The summed E-state index contributed by atoms with van der Waals surface area (Å²) in [7, 11) is -2.59. The number of carbonyl (C=O) groups is 2. The SMILES string of the molecule is Cc1ccc(S(=O)(=O)N(C)CC(=O)NNC(=O)c2cnn(-c3ccc(F)cc3)c2C)cc1. The van der Waals surface area contributed by atoms with Gasteiger partial charge in [0.25, 0.3) is 11.8 Å². The van der Waals surface area contributed by atoms with Gasteiger partial charge in [0, 0.05) is 7.05 Å². The lowest BCUT2D eigenvalue weighted by Crippen LogP contribution is -2.46. The quantitative estimate of drug-likeness (QED) is 0.545. The first-order chi connectivity index (χ1) is 15.1. The first-order valence-corrected chi connectivity index (χ1v) is 11.0. The van der Waals surface area contributed by atoms with Crippen molar-refractivity contribution in [1.29, 1.82) is 0 Å². The number of nitrogens with one attached hydrogen (secondary N) is 2. The van der Waals surface area contributed by atoms with Gasteiger partial charge in [-0.05, 0) is 50.2 Å². The highest BCUT2D eigenvalue weighted by Gasteiger charge is 2.23. The molecule has 3 rings (SSSR count). The number of rotatable bonds is 6. The van der Waals surface area contributed by atoms with Crippen LogP contribution in [0.15, 0.2) is 59.6 Å². The number of hydrazine groups is 1. The van der Waals surface area contributed by atoms with E-state index in [1.807, 2.05) is 6.92 Å². The Morgan fingerprint density at radius 1 is 1.03 bits per heavy atom. The third-order valence-corrected chi connectivity index (χ3v) is 6.55. The fraction of sp³-hybridized carbons (Fsp3) is 0.190. The van der Waals surface area contributed by atoms with E-state index in [9.17, 15) is 22.4 Å². The molecule has 0 aliphatic carbocycles. The van der Waals surface area contributed by atoms with Crippen molar-refractivity contribution in [2.24, 2.45) is 0 Å². The second kappa shape index (κ2) is 9.28. The highest BCUT2D eigenvalue weighted by atomic mass is 32.2. The van der Waals surface area contributed by atoms with Crippen LogP contribution in [0.2, 0.25) is 0 Å². The lowest BCUT2D eigenvalue weighted by molar-refractivity contribution is -0.121. The van der Waals surface area contributed by atoms with Crippen LogP contribution in [0.1, 0.15) is 21.6 Å². The summed E-state index contributed by atoms with van der Waals surface area (Å²) in [5.74, 6) is -1.75. The number of hydrogen-bond donors (Lipinski definition) is 2. The van der Waals surface area contributed by atoms with Gasteiger partial charge in [-0.2, -0.15) is 9.40 Å². The molecule has 0 atom stereocenters. The van der Waals surface area contributed by atoms with E-state index >= 15 is 0 Å². The smallest absolute Gasteiger partial charge is 0.272 e. The average molecular weight is 460 g/mol. The molecule has 0 aliphatic heterocycles. The molecule has 0 fully saturated rings. The molecule has 0 aliphatic rings. The van der Waals surface area contributed by atoms with Gasteiger partial charge >= 0.3 is 0 Å². The van der Waals surface area contributed by atoms with Crippen molar-refractivity contribution in [1.82, 2.24) is 24.9 Å². The molecule has 2 aromatic carbocycles. The third-order valence-electron chi connectivity index (χ3n) is 4.74. The number of hydrogen-bond acceptors (Lipinski definition) is 5. The Balaban J connectivity index is 1.61. The van der Waals surface area contributed by atoms with Crippen LogP contribution < -0.4 is 10.9 Å². The molecule has 3 aromatic rings. The summed E-state index contributed by atoms with van der Waals surface area (Å²) in [6.45, 7) is 2.99. The van der Waals surface area contributed by atoms with Crippen LogP contribution in [0.3, 0.4) is 0 Å². The highest BCUT2D eigenvalue weighted by Crippen LogP contribution is 2.16. The topological polar surface area (TPSA) is 113 Å². The van der Waals surface area contributed by atoms with E-state index in [1.54, 1.807) is 19.1 Å². The number of halogens is 1. The predicted molar refractivity (Wildman–Crippen MR) is 115 cm³/mol. The van der Waals surface area contributed by atoms with Gasteiger partial charge in [-0.3, -0.25) is 20.4 Å². The molecule has 1 heterocycles. The fourth-order valence-corrected chi connectivity index (χ4v) is 4.01. The van der Waals surface area contributed by atoms with Gasteiger partial charge in [-0.15, -0.1) is 0 Å². The Labute approximate surface area is 184 Å². The minimum absolute atomic E-state index is 0.0614. The molecule has 0 saturated heterocycles. The van der Waals surface area contributed by atoms with E-state index in [4.69, 9.17) is 0 Å². The van der Waals surface area contributed by atoms with Crippen molar-refractivity contribution in [2.45, 2.75) is 18.7 Å². The number of aromatic nitrogens is 2. The molecule has 2 N–H and O–H groups in total. The van der Waals surface area contributed by atoms with E-state index in [-0.39, 0.29) is 10.5 Å². The minimum Gasteiger partial charge on any atom is -0.272 e. The number of aryl methyl sites for hydroxylation is 1. The Bertz CT molecular complexity index is 1240. The van der Waals surface area contributed by atoms with Crippen LogP contribution in [0, 0.1) is 19.7 Å². The maximum absolute atomic E-state index is 13.1. The van der Waals surface area contributed by atoms with Crippen LogP contribution in [0.5, 0.6) is 0 Å². The van der Waals surface area contributed by atoms with E-state index < -0.39 is 34.2 Å². The van der Waals surface area contributed by atoms with Gasteiger partial charge < -0.3 is 0 Å². The van der Waals surface area contributed by atoms with E-state index in [1.165, 1.54) is 54.3 Å². The normalized spacial score (nSPS) is 11.4. The second-order valence-electron chi connectivity index (χ2n) is 7.11. The molecule has 0 radical (unpaired) electrons. The van der Waals surface area contributed by atoms with Crippen molar-refractivity contribution < 1.29 is 22.4 Å². The third kappa shape index (κ3) is 5.01. The monoisotopic (exact) mass is 459 g/mol. The number of nitrogens with zero attached hydrogens (tertiary/aromatic N) is 3. The molecule has 0 saturated carbocycles. The molecule has 2 amide bonds. The maximum atomic E-state index is 13.1. The Morgan fingerprint density at radius 3 is 2.28 bits per heavy atom. The van der Waals surface area contributed by atoms with Crippen LogP contribution >= 0.6 is 0 Å². The fourth-order valence-electron chi connectivity index (χ4n) is 2.89. The van der Waals surface area contributed by atoms with E-state index in [0.717, 1.165) is 9.87 Å². The molecule has 0 bridgehead atoms. The maximum Gasteiger partial charge on any atom is 0.273 e. The summed E-state index contributed by atoms with van der Waals surface area (Å²) in [5, 5.41) is 4.12. The van der Waals surface area contributed by atoms with Gasteiger partial charge in [-0.1, -0.05) is 17.7 Å². The predicted octanol–water partition coefficient (Wildman–Crippen LogP) is 1.71.